The van der Waals surface area contributed by atoms with E-state index in [0.29, 0.717) is 16.0 Å². The van der Waals surface area contributed by atoms with Gasteiger partial charge in [0.2, 0.25) is 10.0 Å². The van der Waals surface area contributed by atoms with Crippen LogP contribution in [0.3, 0.4) is 0 Å². The summed E-state index contributed by atoms with van der Waals surface area (Å²) in [5.41, 5.74) is 0.326. The molecule has 3 aromatic rings. The van der Waals surface area contributed by atoms with E-state index in [4.69, 9.17) is 11.6 Å². The number of aromatic nitrogens is 2. The molecule has 0 saturated heterocycles. The summed E-state index contributed by atoms with van der Waals surface area (Å²) in [4.78, 5) is 33.2. The van der Waals surface area contributed by atoms with Crippen LogP contribution in [0, 0.1) is 0 Å². The van der Waals surface area contributed by atoms with Crippen molar-refractivity contribution < 1.29 is 13.2 Å². The normalized spacial score (nSPS) is 11.9. The third kappa shape index (κ3) is 4.67. The van der Waals surface area contributed by atoms with E-state index in [1.165, 1.54) is 41.5 Å². The van der Waals surface area contributed by atoms with Gasteiger partial charge in [-0.3, -0.25) is 9.59 Å². The molecular weight excluding hydrogens is 436 g/mol. The molecule has 154 valence electrons. The number of halogens is 1. The van der Waals surface area contributed by atoms with Crippen LogP contribution in [-0.2, 0) is 16.6 Å². The van der Waals surface area contributed by atoms with Gasteiger partial charge in [0.05, 0.1) is 27.5 Å². The van der Waals surface area contributed by atoms with Crippen LogP contribution in [0.15, 0.2) is 39.3 Å². The van der Waals surface area contributed by atoms with Crippen LogP contribution in [0.4, 0.5) is 0 Å². The number of amides is 1. The van der Waals surface area contributed by atoms with Crippen LogP contribution >= 0.6 is 22.9 Å². The number of hydrogen-bond donors (Lipinski definition) is 2. The van der Waals surface area contributed by atoms with Gasteiger partial charge in [0.15, 0.2) is 0 Å². The maximum atomic E-state index is 12.9. The first-order valence-electron chi connectivity index (χ1n) is 8.62. The Morgan fingerprint density at radius 3 is 2.76 bits per heavy atom. The van der Waals surface area contributed by atoms with E-state index < -0.39 is 15.9 Å². The number of aromatic amines is 1. The Bertz CT molecular complexity index is 1230. The highest BCUT2D eigenvalue weighted by molar-refractivity contribution is 7.89. The molecule has 0 aliphatic rings. The number of carbonyl (C=O) groups is 1. The van der Waals surface area contributed by atoms with Gasteiger partial charge < -0.3 is 9.88 Å². The van der Waals surface area contributed by atoms with Gasteiger partial charge in [-0.05, 0) is 43.5 Å². The average Bonchev–Trinajstić information content (AvgIpc) is 3.09. The molecule has 2 N–H and O–H groups in total. The smallest absolute Gasteiger partial charge is 0.268 e. The lowest BCUT2D eigenvalue weighted by Crippen LogP contribution is -2.31. The van der Waals surface area contributed by atoms with Gasteiger partial charge in [-0.25, -0.2) is 18.1 Å². The molecule has 1 aromatic carbocycles. The number of H-pyrrole nitrogens is 1. The zero-order chi connectivity index (χ0) is 21.3. The number of fused-ring (bicyclic) bond motifs is 1. The summed E-state index contributed by atoms with van der Waals surface area (Å²) < 4.78 is 27.8. The topological polar surface area (TPSA) is 112 Å². The molecule has 0 aliphatic carbocycles. The van der Waals surface area contributed by atoms with Gasteiger partial charge >= 0.3 is 0 Å². The molecule has 8 nitrogen and oxygen atoms in total. The Morgan fingerprint density at radius 2 is 2.07 bits per heavy atom. The van der Waals surface area contributed by atoms with Crippen LogP contribution in [-0.4, -0.2) is 42.3 Å². The maximum absolute atomic E-state index is 12.9. The first kappa shape index (κ1) is 21.4. The monoisotopic (exact) mass is 454 g/mol. The van der Waals surface area contributed by atoms with Crippen molar-refractivity contribution >= 4 is 49.1 Å². The average molecular weight is 455 g/mol. The molecule has 1 amide bonds. The van der Waals surface area contributed by atoms with Gasteiger partial charge in [0, 0.05) is 13.1 Å². The summed E-state index contributed by atoms with van der Waals surface area (Å²) in [7, 11) is -2.26. The number of benzene rings is 1. The van der Waals surface area contributed by atoms with Crippen molar-refractivity contribution in [1.29, 1.82) is 0 Å². The van der Waals surface area contributed by atoms with Crippen molar-refractivity contribution in [2.75, 3.05) is 7.05 Å². The lowest BCUT2D eigenvalue weighted by molar-refractivity contribution is 0.0781. The third-order valence-corrected chi connectivity index (χ3v) is 6.86. The van der Waals surface area contributed by atoms with E-state index in [9.17, 15) is 18.0 Å². The molecule has 11 heteroatoms. The molecule has 2 aromatic heterocycles. The predicted molar refractivity (Wildman–Crippen MR) is 113 cm³/mol. The summed E-state index contributed by atoms with van der Waals surface area (Å²) in [6.07, 6.45) is 0. The Labute approximate surface area is 176 Å². The van der Waals surface area contributed by atoms with Gasteiger partial charge in [-0.2, -0.15) is 0 Å². The highest BCUT2D eigenvalue weighted by Crippen LogP contribution is 2.22. The minimum atomic E-state index is -3.78. The minimum absolute atomic E-state index is 0.0252. The van der Waals surface area contributed by atoms with Gasteiger partial charge in [0.1, 0.15) is 10.5 Å². The lowest BCUT2D eigenvalue weighted by atomic mass is 10.2. The molecule has 0 spiro atoms. The molecule has 0 aliphatic heterocycles. The summed E-state index contributed by atoms with van der Waals surface area (Å²) in [6, 6.07) is 5.38. The fraction of sp³-hybridized carbons (Fsp3) is 0.278. The van der Waals surface area contributed by atoms with Crippen LogP contribution in [0.25, 0.3) is 10.2 Å². The fourth-order valence-electron chi connectivity index (χ4n) is 2.71. The van der Waals surface area contributed by atoms with Gasteiger partial charge in [0.25, 0.3) is 11.5 Å². The third-order valence-electron chi connectivity index (χ3n) is 3.97. The number of thiophene rings is 1. The molecule has 0 radical (unpaired) electrons. The Kier molecular flexibility index (Phi) is 6.08. The van der Waals surface area contributed by atoms with Crippen molar-refractivity contribution in [3.8, 4) is 0 Å². The van der Waals surface area contributed by atoms with Crippen LogP contribution in [0.5, 0.6) is 0 Å². The Hall–Kier alpha value is -2.27. The van der Waals surface area contributed by atoms with Gasteiger partial charge in [-0.1, -0.05) is 11.6 Å². The largest absolute Gasteiger partial charge is 0.334 e. The summed E-state index contributed by atoms with van der Waals surface area (Å²) in [5, 5.41) is 1.89. The Morgan fingerprint density at radius 1 is 1.34 bits per heavy atom. The molecule has 0 unspecified atom stereocenters. The molecule has 0 fully saturated rings. The number of nitrogens with one attached hydrogen (secondary N) is 2. The predicted octanol–water partition coefficient (Wildman–Crippen LogP) is 2.60. The van der Waals surface area contributed by atoms with Crippen molar-refractivity contribution in [2.24, 2.45) is 0 Å². The molecule has 0 bridgehead atoms. The first-order chi connectivity index (χ1) is 13.6. The molecule has 0 saturated carbocycles. The molecule has 29 heavy (non-hydrogen) atoms. The van der Waals surface area contributed by atoms with Gasteiger partial charge in [-0.15, -0.1) is 11.3 Å². The van der Waals surface area contributed by atoms with Crippen molar-refractivity contribution in [3.63, 3.8) is 0 Å². The number of carbonyl (C=O) groups excluding carboxylic acids is 1. The molecule has 2 heterocycles. The van der Waals surface area contributed by atoms with Crippen molar-refractivity contribution in [2.45, 2.75) is 31.3 Å². The zero-order valence-corrected chi connectivity index (χ0v) is 18.3. The SMILES string of the molecule is CC(C)NS(=O)(=O)c1ccc(Cl)c(C(=O)N(C)Cc2nc3ccsc3c(=O)[nH]2)c1. The van der Waals surface area contributed by atoms with Crippen LogP contribution < -0.4 is 10.3 Å². The van der Waals surface area contributed by atoms with E-state index in [-0.39, 0.29) is 33.6 Å². The fourth-order valence-corrected chi connectivity index (χ4v) is 4.91. The van der Waals surface area contributed by atoms with Crippen molar-refractivity contribution in [1.82, 2.24) is 19.6 Å². The number of nitrogens with zero attached hydrogens (tertiary/aromatic N) is 2. The summed E-state index contributed by atoms with van der Waals surface area (Å²) in [6.45, 7) is 3.42. The standard InChI is InChI=1S/C18H19ClN4O4S2/c1-10(2)22-29(26,27)11-4-5-13(19)12(8-11)18(25)23(3)9-15-20-14-6-7-28-16(14)17(24)21-15/h4-8,10,22H,9H2,1-3H3,(H,20,21,24). The second-order valence-electron chi connectivity index (χ2n) is 6.73. The second-order valence-corrected chi connectivity index (χ2v) is 9.76. The quantitative estimate of drug-likeness (QED) is 0.594. The highest BCUT2D eigenvalue weighted by Gasteiger charge is 2.22. The van der Waals surface area contributed by atoms with E-state index in [1.54, 1.807) is 25.3 Å². The van der Waals surface area contributed by atoms with E-state index >= 15 is 0 Å². The van der Waals surface area contributed by atoms with E-state index in [0.717, 1.165) is 0 Å². The van der Waals surface area contributed by atoms with Crippen LogP contribution in [0.2, 0.25) is 5.02 Å². The number of sulfonamides is 1. The van der Waals surface area contributed by atoms with E-state index in [2.05, 4.69) is 14.7 Å². The second kappa shape index (κ2) is 8.23. The molecular formula is C18H19ClN4O4S2. The minimum Gasteiger partial charge on any atom is -0.334 e. The number of hydrogen-bond acceptors (Lipinski definition) is 6. The zero-order valence-electron chi connectivity index (χ0n) is 15.9. The summed E-state index contributed by atoms with van der Waals surface area (Å²) >= 11 is 7.44. The van der Waals surface area contributed by atoms with Crippen LogP contribution in [0.1, 0.15) is 30.0 Å². The van der Waals surface area contributed by atoms with Crippen molar-refractivity contribution in [3.05, 3.63) is 56.4 Å². The molecule has 0 atom stereocenters. The maximum Gasteiger partial charge on any atom is 0.268 e. The number of rotatable bonds is 6. The lowest BCUT2D eigenvalue weighted by Gasteiger charge is -2.18. The molecule has 3 rings (SSSR count). The van der Waals surface area contributed by atoms with E-state index in [1.807, 2.05) is 0 Å². The highest BCUT2D eigenvalue weighted by atomic mass is 35.5. The Balaban J connectivity index is 1.88. The first-order valence-corrected chi connectivity index (χ1v) is 11.4. The summed E-state index contributed by atoms with van der Waals surface area (Å²) in [5.74, 6) is -0.178.